The van der Waals surface area contributed by atoms with Crippen LogP contribution in [0.2, 0.25) is 0 Å². The van der Waals surface area contributed by atoms with E-state index in [2.05, 4.69) is 33.0 Å². The minimum Gasteiger partial charge on any atom is -0.341 e. The molecule has 0 unspecified atom stereocenters. The Kier molecular flexibility index (Phi) is 7.72. The van der Waals surface area contributed by atoms with Gasteiger partial charge in [-0.05, 0) is 38.4 Å². The summed E-state index contributed by atoms with van der Waals surface area (Å²) in [7, 11) is 5.66. The quantitative estimate of drug-likeness (QED) is 0.711. The van der Waals surface area contributed by atoms with Crippen molar-refractivity contribution in [2.24, 2.45) is 5.92 Å². The van der Waals surface area contributed by atoms with Crippen molar-refractivity contribution < 1.29 is 9.59 Å². The fraction of sp³-hybridized carbons (Fsp3) is 0.579. The molecular weight excluding hydrogens is 330 g/mol. The average Bonchev–Trinajstić information content (AvgIpc) is 2.66. The molecule has 1 aliphatic rings. The Morgan fingerprint density at radius 3 is 2.58 bits per heavy atom. The third-order valence-corrected chi connectivity index (χ3v) is 4.96. The van der Waals surface area contributed by atoms with Crippen LogP contribution < -0.4 is 16.0 Å². The second-order valence-corrected chi connectivity index (χ2v) is 6.95. The van der Waals surface area contributed by atoms with Gasteiger partial charge < -0.3 is 25.8 Å². The fourth-order valence-corrected chi connectivity index (χ4v) is 3.37. The van der Waals surface area contributed by atoms with Gasteiger partial charge in [0.1, 0.15) is 0 Å². The standard InChI is InChI=1S/C19H31N5O2/c1-20-18(25)22-13-16-10-12-24(14-17(16)23(2)3)19(26)21-11-9-15-7-5-4-6-8-15/h4-8,16-17H,9-14H2,1-3H3,(H,21,26)(H2,20,22,25)/t16-,17-/m1/s1. The highest BCUT2D eigenvalue weighted by atomic mass is 16.2. The topological polar surface area (TPSA) is 76.7 Å². The first-order chi connectivity index (χ1) is 12.5. The Labute approximate surface area is 156 Å². The number of carbonyl (C=O) groups is 2. The monoisotopic (exact) mass is 361 g/mol. The third-order valence-electron chi connectivity index (χ3n) is 4.96. The van der Waals surface area contributed by atoms with Crippen molar-refractivity contribution in [3.8, 4) is 0 Å². The summed E-state index contributed by atoms with van der Waals surface area (Å²) in [5.74, 6) is 0.329. The molecule has 0 aromatic heterocycles. The van der Waals surface area contributed by atoms with E-state index in [-0.39, 0.29) is 18.1 Å². The third kappa shape index (κ3) is 5.91. The maximum atomic E-state index is 12.5. The van der Waals surface area contributed by atoms with E-state index < -0.39 is 0 Å². The molecule has 0 bridgehead atoms. The lowest BCUT2D eigenvalue weighted by Crippen LogP contribution is -2.56. The van der Waals surface area contributed by atoms with Crippen LogP contribution in [0.1, 0.15) is 12.0 Å². The zero-order chi connectivity index (χ0) is 18.9. The first kappa shape index (κ1) is 20.0. The van der Waals surface area contributed by atoms with E-state index in [4.69, 9.17) is 0 Å². The van der Waals surface area contributed by atoms with Crippen LogP contribution in [0, 0.1) is 5.92 Å². The summed E-state index contributed by atoms with van der Waals surface area (Å²) >= 11 is 0. The van der Waals surface area contributed by atoms with E-state index in [1.54, 1.807) is 7.05 Å². The molecule has 0 spiro atoms. The molecule has 4 amide bonds. The van der Waals surface area contributed by atoms with Crippen LogP contribution >= 0.6 is 0 Å². The molecular formula is C19H31N5O2. The number of nitrogens with one attached hydrogen (secondary N) is 3. The van der Waals surface area contributed by atoms with E-state index >= 15 is 0 Å². The predicted molar refractivity (Wildman–Crippen MR) is 103 cm³/mol. The second kappa shape index (κ2) is 10.0. The maximum absolute atomic E-state index is 12.5. The second-order valence-electron chi connectivity index (χ2n) is 6.95. The summed E-state index contributed by atoms with van der Waals surface area (Å²) < 4.78 is 0. The van der Waals surface area contributed by atoms with Crippen molar-refractivity contribution in [1.29, 1.82) is 0 Å². The van der Waals surface area contributed by atoms with Gasteiger partial charge in [-0.2, -0.15) is 0 Å². The molecule has 1 aliphatic heterocycles. The highest BCUT2D eigenvalue weighted by Crippen LogP contribution is 2.20. The number of piperidine rings is 1. The van der Waals surface area contributed by atoms with Gasteiger partial charge in [-0.1, -0.05) is 30.3 Å². The van der Waals surface area contributed by atoms with Gasteiger partial charge >= 0.3 is 12.1 Å². The molecule has 0 aliphatic carbocycles. The lowest BCUT2D eigenvalue weighted by atomic mass is 9.90. The molecule has 1 heterocycles. The molecule has 1 fully saturated rings. The van der Waals surface area contributed by atoms with E-state index in [1.165, 1.54) is 5.56 Å². The smallest absolute Gasteiger partial charge is 0.317 e. The van der Waals surface area contributed by atoms with Gasteiger partial charge in [0.2, 0.25) is 0 Å². The minimum atomic E-state index is -0.163. The number of amides is 4. The van der Waals surface area contributed by atoms with Crippen LogP contribution in [0.3, 0.4) is 0 Å². The van der Waals surface area contributed by atoms with Crippen molar-refractivity contribution >= 4 is 12.1 Å². The normalized spacial score (nSPS) is 19.9. The Hall–Kier alpha value is -2.28. The van der Waals surface area contributed by atoms with Gasteiger partial charge in [-0.25, -0.2) is 9.59 Å². The first-order valence-corrected chi connectivity index (χ1v) is 9.20. The molecule has 2 rings (SSSR count). The highest BCUT2D eigenvalue weighted by Gasteiger charge is 2.32. The number of likely N-dealkylation sites (tertiary alicyclic amines) is 1. The van der Waals surface area contributed by atoms with Crippen LogP contribution in [0.15, 0.2) is 30.3 Å². The summed E-state index contributed by atoms with van der Waals surface area (Å²) in [5.41, 5.74) is 1.22. The lowest BCUT2D eigenvalue weighted by molar-refractivity contribution is 0.0968. The largest absolute Gasteiger partial charge is 0.341 e. The van der Waals surface area contributed by atoms with Crippen molar-refractivity contribution in [3.63, 3.8) is 0 Å². The summed E-state index contributed by atoms with van der Waals surface area (Å²) in [6.45, 7) is 2.63. The minimum absolute atomic E-state index is 0.00880. The van der Waals surface area contributed by atoms with Gasteiger partial charge in [0.15, 0.2) is 0 Å². The van der Waals surface area contributed by atoms with E-state index in [0.717, 1.165) is 12.8 Å². The number of carbonyl (C=O) groups excluding carboxylic acids is 2. The van der Waals surface area contributed by atoms with Gasteiger partial charge in [-0.3, -0.25) is 0 Å². The molecule has 3 N–H and O–H groups in total. The molecule has 0 radical (unpaired) electrons. The zero-order valence-corrected chi connectivity index (χ0v) is 16.0. The summed E-state index contributed by atoms with van der Waals surface area (Å²) in [4.78, 5) is 27.9. The van der Waals surface area contributed by atoms with Crippen LogP contribution in [0.4, 0.5) is 9.59 Å². The molecule has 144 valence electrons. The van der Waals surface area contributed by atoms with Crippen LogP contribution in [0.25, 0.3) is 0 Å². The van der Waals surface area contributed by atoms with Crippen molar-refractivity contribution in [1.82, 2.24) is 25.8 Å². The number of benzene rings is 1. The first-order valence-electron chi connectivity index (χ1n) is 9.20. The fourth-order valence-electron chi connectivity index (χ4n) is 3.37. The van der Waals surface area contributed by atoms with Gasteiger partial charge in [0.05, 0.1) is 0 Å². The van der Waals surface area contributed by atoms with Gasteiger partial charge in [0, 0.05) is 39.3 Å². The van der Waals surface area contributed by atoms with Crippen LogP contribution in [-0.4, -0.2) is 75.2 Å². The highest BCUT2D eigenvalue weighted by molar-refractivity contribution is 5.74. The van der Waals surface area contributed by atoms with E-state index in [1.807, 2.05) is 37.2 Å². The number of hydrogen-bond donors (Lipinski definition) is 3. The average molecular weight is 361 g/mol. The van der Waals surface area contributed by atoms with Crippen molar-refractivity contribution in [2.75, 3.05) is 47.3 Å². The van der Waals surface area contributed by atoms with Gasteiger partial charge in [-0.15, -0.1) is 0 Å². The number of hydrogen-bond acceptors (Lipinski definition) is 3. The van der Waals surface area contributed by atoms with Crippen LogP contribution in [0.5, 0.6) is 0 Å². The molecule has 7 heteroatoms. The Balaban J connectivity index is 1.81. The zero-order valence-electron chi connectivity index (χ0n) is 16.0. The molecule has 1 aromatic carbocycles. The molecule has 0 saturated carbocycles. The molecule has 2 atom stereocenters. The Morgan fingerprint density at radius 1 is 1.19 bits per heavy atom. The number of likely N-dealkylation sites (N-methyl/N-ethyl adjacent to an activating group) is 1. The summed E-state index contributed by atoms with van der Waals surface area (Å²) in [6.07, 6.45) is 1.70. The number of nitrogens with zero attached hydrogens (tertiary/aromatic N) is 2. The van der Waals surface area contributed by atoms with Crippen LogP contribution in [-0.2, 0) is 6.42 Å². The molecule has 1 aromatic rings. The Morgan fingerprint density at radius 2 is 1.92 bits per heavy atom. The molecule has 7 nitrogen and oxygen atoms in total. The molecule has 1 saturated heterocycles. The lowest BCUT2D eigenvalue weighted by Gasteiger charge is -2.41. The van der Waals surface area contributed by atoms with Crippen molar-refractivity contribution in [3.05, 3.63) is 35.9 Å². The maximum Gasteiger partial charge on any atom is 0.317 e. The summed E-state index contributed by atoms with van der Waals surface area (Å²) in [6, 6.07) is 10.2. The predicted octanol–water partition coefficient (Wildman–Crippen LogP) is 1.12. The van der Waals surface area contributed by atoms with E-state index in [9.17, 15) is 9.59 Å². The number of urea groups is 2. The van der Waals surface area contributed by atoms with Crippen molar-refractivity contribution in [2.45, 2.75) is 18.9 Å². The SMILES string of the molecule is CNC(=O)NC[C@H]1CCN(C(=O)NCCc2ccccc2)C[C@H]1N(C)C. The van der Waals surface area contributed by atoms with E-state index in [0.29, 0.717) is 32.1 Å². The molecule has 26 heavy (non-hydrogen) atoms. The van der Waals surface area contributed by atoms with Gasteiger partial charge in [0.25, 0.3) is 0 Å². The Bertz CT molecular complexity index is 579. The summed E-state index contributed by atoms with van der Waals surface area (Å²) in [5, 5.41) is 8.48. The number of rotatable bonds is 6.